The van der Waals surface area contributed by atoms with Gasteiger partial charge >= 0.3 is 0 Å². The van der Waals surface area contributed by atoms with Crippen LogP contribution in [-0.2, 0) is 17.1 Å². The molecule has 0 fully saturated rings. The Kier molecular flexibility index (Phi) is 4.94. The van der Waals surface area contributed by atoms with Gasteiger partial charge in [-0.2, -0.15) is 0 Å². The van der Waals surface area contributed by atoms with E-state index in [0.29, 0.717) is 39.1 Å². The summed E-state index contributed by atoms with van der Waals surface area (Å²) in [6.07, 6.45) is 1.73. The van der Waals surface area contributed by atoms with Gasteiger partial charge in [0.2, 0.25) is 5.91 Å². The number of halogens is 1. The smallest absolute Gasteiger partial charge is 0.219 e. The third-order valence-corrected chi connectivity index (χ3v) is 4.85. The number of hydrogen-bond donors (Lipinski definition) is 1. The van der Waals surface area contributed by atoms with E-state index in [4.69, 9.17) is 21.8 Å². The maximum atomic E-state index is 11.1. The first-order chi connectivity index (χ1) is 11.1. The molecule has 1 amide bonds. The molecule has 11 heteroatoms. The molecule has 0 radical (unpaired) electrons. The maximum absolute atomic E-state index is 11.1. The molecule has 120 valence electrons. The van der Waals surface area contributed by atoms with E-state index in [9.17, 15) is 4.79 Å². The van der Waals surface area contributed by atoms with Crippen molar-refractivity contribution >= 4 is 40.8 Å². The van der Waals surface area contributed by atoms with Crippen LogP contribution in [0.3, 0.4) is 0 Å². The average molecular weight is 371 g/mol. The van der Waals surface area contributed by atoms with Crippen LogP contribution in [0.1, 0.15) is 12.1 Å². The lowest BCUT2D eigenvalue weighted by Gasteiger charge is -2.07. The largest absolute Gasteiger partial charge is 0.461 e. The number of primary amides is 1. The molecule has 0 unspecified atom stereocenters. The molecular weight excluding hydrogens is 360 g/mol. The van der Waals surface area contributed by atoms with Crippen molar-refractivity contribution in [2.45, 2.75) is 23.9 Å². The zero-order valence-electron chi connectivity index (χ0n) is 11.7. The number of nitrogens with zero attached hydrogens (tertiary/aromatic N) is 5. The highest BCUT2D eigenvalue weighted by Crippen LogP contribution is 2.29. The first-order valence-corrected chi connectivity index (χ1v) is 8.63. The predicted molar refractivity (Wildman–Crippen MR) is 86.0 cm³/mol. The first kappa shape index (κ1) is 16.0. The summed E-state index contributed by atoms with van der Waals surface area (Å²) in [6, 6.07) is 3.54. The zero-order chi connectivity index (χ0) is 16.2. The number of thioether (sulfide) groups is 1. The Balaban J connectivity index is 1.83. The van der Waals surface area contributed by atoms with Crippen LogP contribution < -0.4 is 5.73 Å². The first-order valence-electron chi connectivity index (χ1n) is 6.50. The normalized spacial score (nSPS) is 11.0. The molecule has 2 N–H and O–H groups in total. The quantitative estimate of drug-likeness (QED) is 0.634. The molecule has 3 heterocycles. The van der Waals surface area contributed by atoms with Crippen LogP contribution in [0.15, 0.2) is 28.0 Å². The topological polar surface area (TPSA) is 113 Å². The molecule has 0 saturated heterocycles. The van der Waals surface area contributed by atoms with Crippen molar-refractivity contribution in [3.05, 3.63) is 28.4 Å². The summed E-state index contributed by atoms with van der Waals surface area (Å²) < 4.78 is 11.5. The van der Waals surface area contributed by atoms with Crippen LogP contribution >= 0.6 is 34.9 Å². The Morgan fingerprint density at radius 2 is 2.30 bits per heavy atom. The molecule has 0 atom stereocenters. The Morgan fingerprint density at radius 3 is 2.96 bits per heavy atom. The number of carbonyl (C=O) groups excluding carboxylic acids is 1. The molecule has 23 heavy (non-hydrogen) atoms. The summed E-state index contributed by atoms with van der Waals surface area (Å²) in [6.45, 7) is 0.365. The van der Waals surface area contributed by atoms with Gasteiger partial charge in [-0.05, 0) is 12.1 Å². The van der Waals surface area contributed by atoms with Crippen molar-refractivity contribution in [2.24, 2.45) is 5.73 Å². The second-order valence-electron chi connectivity index (χ2n) is 4.43. The molecule has 3 rings (SSSR count). The number of furan rings is 1. The van der Waals surface area contributed by atoms with E-state index < -0.39 is 5.91 Å². The summed E-state index contributed by atoms with van der Waals surface area (Å²) in [5.74, 6) is 1.22. The number of carbonyl (C=O) groups is 1. The summed E-state index contributed by atoms with van der Waals surface area (Å²) >= 11 is 8.53. The number of amides is 1. The second kappa shape index (κ2) is 7.11. The van der Waals surface area contributed by atoms with E-state index in [1.54, 1.807) is 23.0 Å². The van der Waals surface area contributed by atoms with Crippen LogP contribution in [-0.4, -0.2) is 30.3 Å². The van der Waals surface area contributed by atoms with Gasteiger partial charge in [0.1, 0.15) is 10.0 Å². The number of hydrogen-bond acceptors (Lipinski definition) is 8. The fraction of sp³-hybridized carbons (Fsp3) is 0.250. The van der Waals surface area contributed by atoms with E-state index in [0.717, 1.165) is 11.5 Å². The predicted octanol–water partition coefficient (Wildman–Crippen LogP) is 2.21. The Morgan fingerprint density at radius 1 is 1.43 bits per heavy atom. The minimum atomic E-state index is -0.396. The molecule has 8 nitrogen and oxygen atoms in total. The molecule has 0 aliphatic rings. The van der Waals surface area contributed by atoms with E-state index in [-0.39, 0.29) is 6.42 Å². The highest BCUT2D eigenvalue weighted by atomic mass is 35.5. The van der Waals surface area contributed by atoms with Crippen molar-refractivity contribution < 1.29 is 9.21 Å². The van der Waals surface area contributed by atoms with Crippen LogP contribution in [0.2, 0.25) is 4.34 Å². The zero-order valence-corrected chi connectivity index (χ0v) is 14.1. The monoisotopic (exact) mass is 370 g/mol. The second-order valence-corrected chi connectivity index (χ2v) is 6.73. The maximum Gasteiger partial charge on any atom is 0.219 e. The van der Waals surface area contributed by atoms with Gasteiger partial charge in [-0.15, -0.1) is 15.3 Å². The average Bonchev–Trinajstić information content (AvgIpc) is 3.23. The van der Waals surface area contributed by atoms with Crippen LogP contribution in [0, 0.1) is 0 Å². The number of rotatable bonds is 7. The lowest BCUT2D eigenvalue weighted by atomic mass is 10.3. The summed E-state index contributed by atoms with van der Waals surface area (Å²) in [5.41, 5.74) is 5.93. The Bertz CT molecular complexity index is 800. The standard InChI is InChI=1S/C12H11ClN6O2S2/c13-10-7(15-18-23-10)6-22-12-17-16-11(8-2-1-5-21-8)19(12)4-3-9(14)20/h1-2,5H,3-4,6H2,(H2,14,20). The number of nitrogens with two attached hydrogens (primary N) is 1. The highest BCUT2D eigenvalue weighted by molar-refractivity contribution is 7.98. The minimum absolute atomic E-state index is 0.179. The van der Waals surface area contributed by atoms with Gasteiger partial charge in [-0.25, -0.2) is 0 Å². The van der Waals surface area contributed by atoms with E-state index in [2.05, 4.69) is 19.8 Å². The van der Waals surface area contributed by atoms with Crippen molar-refractivity contribution in [2.75, 3.05) is 0 Å². The molecular formula is C12H11ClN6O2S2. The van der Waals surface area contributed by atoms with Gasteiger partial charge in [0.25, 0.3) is 0 Å². The van der Waals surface area contributed by atoms with E-state index in [1.807, 2.05) is 0 Å². The van der Waals surface area contributed by atoms with E-state index in [1.165, 1.54) is 11.8 Å². The summed E-state index contributed by atoms with van der Waals surface area (Å²) in [4.78, 5) is 11.1. The Hall–Kier alpha value is -1.91. The molecule has 0 aliphatic carbocycles. The van der Waals surface area contributed by atoms with Crippen molar-refractivity contribution in [1.29, 1.82) is 0 Å². The minimum Gasteiger partial charge on any atom is -0.461 e. The van der Waals surface area contributed by atoms with Crippen LogP contribution in [0.4, 0.5) is 0 Å². The third-order valence-electron chi connectivity index (χ3n) is 2.89. The van der Waals surface area contributed by atoms with Crippen molar-refractivity contribution in [3.63, 3.8) is 0 Å². The van der Waals surface area contributed by atoms with Gasteiger partial charge in [-0.1, -0.05) is 27.9 Å². The summed E-state index contributed by atoms with van der Waals surface area (Å²) in [7, 11) is 0. The van der Waals surface area contributed by atoms with E-state index >= 15 is 0 Å². The van der Waals surface area contributed by atoms with Gasteiger partial charge in [0.15, 0.2) is 16.7 Å². The lowest BCUT2D eigenvalue weighted by molar-refractivity contribution is -0.118. The van der Waals surface area contributed by atoms with Crippen LogP contribution in [0.25, 0.3) is 11.6 Å². The molecule has 3 aromatic rings. The molecule has 0 aliphatic heterocycles. The SMILES string of the molecule is NC(=O)CCn1c(SCc2nnsc2Cl)nnc1-c1ccco1. The third kappa shape index (κ3) is 3.71. The van der Waals surface area contributed by atoms with Crippen molar-refractivity contribution in [1.82, 2.24) is 24.4 Å². The molecule has 0 bridgehead atoms. The van der Waals surface area contributed by atoms with Gasteiger partial charge in [-0.3, -0.25) is 9.36 Å². The fourth-order valence-electron chi connectivity index (χ4n) is 1.82. The van der Waals surface area contributed by atoms with Crippen LogP contribution in [0.5, 0.6) is 0 Å². The highest BCUT2D eigenvalue weighted by Gasteiger charge is 2.18. The fourth-order valence-corrected chi connectivity index (χ4v) is 3.52. The van der Waals surface area contributed by atoms with Crippen molar-refractivity contribution in [3.8, 4) is 11.6 Å². The van der Waals surface area contributed by atoms with Gasteiger partial charge in [0.05, 0.1) is 6.26 Å². The molecule has 3 aromatic heterocycles. The lowest BCUT2D eigenvalue weighted by Crippen LogP contribution is -2.15. The number of aromatic nitrogens is 5. The van der Waals surface area contributed by atoms with Gasteiger partial charge < -0.3 is 10.2 Å². The molecule has 0 saturated carbocycles. The van der Waals surface area contributed by atoms with Gasteiger partial charge in [0, 0.05) is 30.3 Å². The Labute approximate surface area is 144 Å². The molecule has 0 aromatic carbocycles. The molecule has 0 spiro atoms. The summed E-state index contributed by atoms with van der Waals surface area (Å²) in [5, 5.41) is 12.9.